The maximum atomic E-state index is 12.6. The normalized spacial score (nSPS) is 11.1. The van der Waals surface area contributed by atoms with Gasteiger partial charge < -0.3 is 5.32 Å². The average Bonchev–Trinajstić information content (AvgIpc) is 3.09. The predicted octanol–water partition coefficient (Wildman–Crippen LogP) is 7.36. The third kappa shape index (κ3) is 4.46. The highest BCUT2D eigenvalue weighted by atomic mass is 35.5. The van der Waals surface area contributed by atoms with Crippen LogP contribution in [0.2, 0.25) is 10.0 Å². The van der Waals surface area contributed by atoms with Gasteiger partial charge in [0.1, 0.15) is 4.88 Å². The smallest absolute Gasteiger partial charge is 0.267 e. The zero-order valence-corrected chi connectivity index (χ0v) is 17.9. The van der Waals surface area contributed by atoms with Crippen LogP contribution in [0.25, 0.3) is 16.2 Å². The molecule has 1 amide bonds. The van der Waals surface area contributed by atoms with Crippen molar-refractivity contribution in [1.82, 2.24) is 0 Å². The van der Waals surface area contributed by atoms with Gasteiger partial charge in [0.25, 0.3) is 5.91 Å². The zero-order chi connectivity index (χ0) is 21.1. The molecule has 148 valence electrons. The van der Waals surface area contributed by atoms with E-state index < -0.39 is 0 Å². The van der Waals surface area contributed by atoms with Crippen molar-refractivity contribution in [2.45, 2.75) is 0 Å². The Bertz CT molecular complexity index is 1280. The van der Waals surface area contributed by atoms with Crippen molar-refractivity contribution in [3.63, 3.8) is 0 Å². The molecule has 3 aromatic carbocycles. The van der Waals surface area contributed by atoms with Gasteiger partial charge >= 0.3 is 0 Å². The number of benzene rings is 3. The number of allylic oxidation sites excluding steroid dienone is 1. The van der Waals surface area contributed by atoms with Crippen molar-refractivity contribution in [1.29, 1.82) is 0 Å². The lowest BCUT2D eigenvalue weighted by Crippen LogP contribution is -2.10. The van der Waals surface area contributed by atoms with E-state index in [1.165, 1.54) is 17.4 Å². The highest BCUT2D eigenvalue weighted by Crippen LogP contribution is 2.35. The van der Waals surface area contributed by atoms with Crippen molar-refractivity contribution in [2.24, 2.45) is 0 Å². The van der Waals surface area contributed by atoms with Crippen LogP contribution in [-0.2, 0) is 0 Å². The number of thiophene rings is 1. The first-order valence-corrected chi connectivity index (χ1v) is 10.6. The van der Waals surface area contributed by atoms with Gasteiger partial charge in [-0.15, -0.1) is 11.3 Å². The van der Waals surface area contributed by atoms with Crippen LogP contribution in [-0.4, -0.2) is 11.7 Å². The van der Waals surface area contributed by atoms with Gasteiger partial charge in [0, 0.05) is 26.4 Å². The van der Waals surface area contributed by atoms with Gasteiger partial charge in [0.15, 0.2) is 5.78 Å². The monoisotopic (exact) mass is 451 g/mol. The Balaban J connectivity index is 1.46. The summed E-state index contributed by atoms with van der Waals surface area (Å²) >= 11 is 13.7. The van der Waals surface area contributed by atoms with E-state index in [1.807, 2.05) is 36.4 Å². The Labute approximate surface area is 187 Å². The summed E-state index contributed by atoms with van der Waals surface area (Å²) in [6.45, 7) is 0. The molecule has 0 aliphatic rings. The quantitative estimate of drug-likeness (QED) is 0.254. The summed E-state index contributed by atoms with van der Waals surface area (Å²) in [5.74, 6) is -0.415. The number of anilines is 1. The fourth-order valence-electron chi connectivity index (χ4n) is 2.94. The van der Waals surface area contributed by atoms with Gasteiger partial charge in [0.05, 0.1) is 5.02 Å². The van der Waals surface area contributed by atoms with E-state index >= 15 is 0 Å². The SMILES string of the molecule is O=C(/C=C/c1cccc(Cl)c1)c1ccc(NC(=O)c2sc3ccccc3c2Cl)cc1. The summed E-state index contributed by atoms with van der Waals surface area (Å²) in [5, 5.41) is 4.76. The number of amides is 1. The summed E-state index contributed by atoms with van der Waals surface area (Å²) in [6.07, 6.45) is 3.21. The molecule has 0 spiro atoms. The number of hydrogen-bond acceptors (Lipinski definition) is 3. The number of nitrogens with one attached hydrogen (secondary N) is 1. The number of ketones is 1. The zero-order valence-electron chi connectivity index (χ0n) is 15.6. The molecule has 0 aliphatic carbocycles. The number of carbonyl (C=O) groups excluding carboxylic acids is 2. The summed E-state index contributed by atoms with van der Waals surface area (Å²) in [7, 11) is 0. The number of hydrogen-bond donors (Lipinski definition) is 1. The van der Waals surface area contributed by atoms with Crippen LogP contribution in [0, 0.1) is 0 Å². The first-order chi connectivity index (χ1) is 14.5. The lowest BCUT2D eigenvalue weighted by Gasteiger charge is -2.05. The summed E-state index contributed by atoms with van der Waals surface area (Å²) in [5.41, 5.74) is 1.95. The van der Waals surface area contributed by atoms with E-state index in [0.29, 0.717) is 26.2 Å². The second-order valence-electron chi connectivity index (χ2n) is 6.53. The fraction of sp³-hybridized carbons (Fsp3) is 0. The number of rotatable bonds is 5. The highest BCUT2D eigenvalue weighted by molar-refractivity contribution is 7.21. The summed E-state index contributed by atoms with van der Waals surface area (Å²) in [6, 6.07) is 21.6. The van der Waals surface area contributed by atoms with Crippen molar-refractivity contribution < 1.29 is 9.59 Å². The summed E-state index contributed by atoms with van der Waals surface area (Å²) < 4.78 is 0.958. The van der Waals surface area contributed by atoms with Crippen LogP contribution >= 0.6 is 34.5 Å². The van der Waals surface area contributed by atoms with Crippen LogP contribution in [0.5, 0.6) is 0 Å². The molecular formula is C24H15Cl2NO2S. The Morgan fingerprint density at radius 2 is 1.67 bits per heavy atom. The molecule has 0 atom stereocenters. The predicted molar refractivity (Wildman–Crippen MR) is 126 cm³/mol. The molecular weight excluding hydrogens is 437 g/mol. The molecule has 0 fully saturated rings. The average molecular weight is 452 g/mol. The molecule has 0 unspecified atom stereocenters. The molecule has 30 heavy (non-hydrogen) atoms. The topological polar surface area (TPSA) is 46.2 Å². The first kappa shape index (κ1) is 20.4. The van der Waals surface area contributed by atoms with Crippen molar-refractivity contribution >= 4 is 68.1 Å². The van der Waals surface area contributed by atoms with E-state index in [0.717, 1.165) is 15.6 Å². The Kier molecular flexibility index (Phi) is 6.00. The number of halogens is 2. The van der Waals surface area contributed by atoms with Gasteiger partial charge in [-0.1, -0.05) is 59.6 Å². The van der Waals surface area contributed by atoms with Gasteiger partial charge in [0.2, 0.25) is 0 Å². The molecule has 0 radical (unpaired) electrons. The molecule has 1 heterocycles. The van der Waals surface area contributed by atoms with Gasteiger partial charge in [-0.3, -0.25) is 9.59 Å². The molecule has 4 aromatic rings. The summed E-state index contributed by atoms with van der Waals surface area (Å²) in [4.78, 5) is 25.5. The molecule has 4 rings (SSSR count). The third-order valence-electron chi connectivity index (χ3n) is 4.44. The molecule has 0 saturated carbocycles. The first-order valence-electron chi connectivity index (χ1n) is 9.08. The third-order valence-corrected chi connectivity index (χ3v) is 6.35. The molecule has 6 heteroatoms. The minimum Gasteiger partial charge on any atom is -0.321 e. The minimum absolute atomic E-state index is 0.139. The van der Waals surface area contributed by atoms with Crippen molar-refractivity contribution in [3.8, 4) is 0 Å². The second kappa shape index (κ2) is 8.84. The molecule has 0 saturated heterocycles. The molecule has 1 aromatic heterocycles. The van der Waals surface area contributed by atoms with Crippen LogP contribution < -0.4 is 5.32 Å². The fourth-order valence-corrected chi connectivity index (χ4v) is 4.56. The largest absolute Gasteiger partial charge is 0.321 e. The van der Waals surface area contributed by atoms with E-state index in [-0.39, 0.29) is 11.7 Å². The molecule has 0 aliphatic heterocycles. The van der Waals surface area contributed by atoms with E-state index in [4.69, 9.17) is 23.2 Å². The molecule has 0 bridgehead atoms. The van der Waals surface area contributed by atoms with E-state index in [9.17, 15) is 9.59 Å². The van der Waals surface area contributed by atoms with Crippen molar-refractivity contribution in [3.05, 3.63) is 105 Å². The molecule has 1 N–H and O–H groups in total. The lowest BCUT2D eigenvalue weighted by molar-refractivity contribution is 0.102. The Hall–Kier alpha value is -2.92. The number of fused-ring (bicyclic) bond motifs is 1. The van der Waals surface area contributed by atoms with Crippen LogP contribution in [0.4, 0.5) is 5.69 Å². The highest BCUT2D eigenvalue weighted by Gasteiger charge is 2.17. The van der Waals surface area contributed by atoms with Gasteiger partial charge in [-0.05, 0) is 54.1 Å². The maximum absolute atomic E-state index is 12.6. The maximum Gasteiger partial charge on any atom is 0.267 e. The minimum atomic E-state index is -0.277. The van der Waals surface area contributed by atoms with Crippen LogP contribution in [0.1, 0.15) is 25.6 Å². The number of carbonyl (C=O) groups is 2. The van der Waals surface area contributed by atoms with Gasteiger partial charge in [-0.25, -0.2) is 0 Å². The lowest BCUT2D eigenvalue weighted by atomic mass is 10.1. The molecule has 3 nitrogen and oxygen atoms in total. The van der Waals surface area contributed by atoms with Crippen molar-refractivity contribution in [2.75, 3.05) is 5.32 Å². The van der Waals surface area contributed by atoms with Crippen LogP contribution in [0.15, 0.2) is 78.9 Å². The van der Waals surface area contributed by atoms with E-state index in [2.05, 4.69) is 5.32 Å². The van der Waals surface area contributed by atoms with Gasteiger partial charge in [-0.2, -0.15) is 0 Å². The van der Waals surface area contributed by atoms with Crippen LogP contribution in [0.3, 0.4) is 0 Å². The van der Waals surface area contributed by atoms with E-state index in [1.54, 1.807) is 42.5 Å². The Morgan fingerprint density at radius 3 is 2.40 bits per heavy atom. The Morgan fingerprint density at radius 1 is 0.900 bits per heavy atom. The standard InChI is InChI=1S/C24H15Cl2NO2S/c25-17-5-3-4-15(14-17)8-13-20(28)16-9-11-18(12-10-16)27-24(29)23-22(26)19-6-1-2-7-21(19)30-23/h1-14H,(H,27,29)/b13-8+. The second-order valence-corrected chi connectivity index (χ2v) is 8.39.